The van der Waals surface area contributed by atoms with Gasteiger partial charge in [-0.05, 0) is 150 Å². The largest absolute Gasteiger partial charge is 0.310 e. The highest BCUT2D eigenvalue weighted by Crippen LogP contribution is 2.56. The summed E-state index contributed by atoms with van der Waals surface area (Å²) in [7, 11) is 0. The van der Waals surface area contributed by atoms with Gasteiger partial charge >= 0.3 is 0 Å². The number of nitrogens with zero attached hydrogens (tertiary/aromatic N) is 1. The molecule has 60 heavy (non-hydrogen) atoms. The molecule has 0 amide bonds. The van der Waals surface area contributed by atoms with E-state index in [1.807, 2.05) is 39.8 Å². The van der Waals surface area contributed by atoms with Crippen molar-refractivity contribution in [2.24, 2.45) is 11.8 Å². The third-order valence-corrected chi connectivity index (χ3v) is 13.7. The average Bonchev–Trinajstić information content (AvgIpc) is 3.75. The van der Waals surface area contributed by atoms with E-state index in [1.54, 1.807) is 0 Å². The fourth-order valence-electron chi connectivity index (χ4n) is 11.0. The van der Waals surface area contributed by atoms with Crippen LogP contribution in [-0.4, -0.2) is 0 Å². The number of benzene rings is 7. The fraction of sp³-hybridized carbons (Fsp3) is 0.288. The Labute approximate surface area is 364 Å². The molecule has 0 fully saturated rings. The van der Waals surface area contributed by atoms with Crippen molar-refractivity contribution in [3.05, 3.63) is 184 Å². The second-order valence-corrected chi connectivity index (χ2v) is 19.6. The van der Waals surface area contributed by atoms with Gasteiger partial charge in [0.2, 0.25) is 0 Å². The Hall–Kier alpha value is -5.66. The highest BCUT2D eigenvalue weighted by molar-refractivity contribution is 5.95. The molecule has 0 N–H and O–H groups in total. The average molecular weight is 786 g/mol. The topological polar surface area (TPSA) is 3.24 Å². The lowest BCUT2D eigenvalue weighted by atomic mass is 9.78. The Kier molecular flexibility index (Phi) is 7.78. The van der Waals surface area contributed by atoms with E-state index in [0.29, 0.717) is 11.1 Å². The molecule has 300 valence electrons. The van der Waals surface area contributed by atoms with Crippen molar-refractivity contribution in [2.75, 3.05) is 4.90 Å². The molecular weight excluding hydrogens is 723 g/mol. The van der Waals surface area contributed by atoms with E-state index >= 15 is 0 Å². The van der Waals surface area contributed by atoms with Crippen LogP contribution in [0.2, 0.25) is 0 Å². The van der Waals surface area contributed by atoms with E-state index in [9.17, 15) is 5.48 Å². The predicted octanol–water partition coefficient (Wildman–Crippen LogP) is 16.1. The summed E-state index contributed by atoms with van der Waals surface area (Å²) in [6.45, 7) is 21.4. The van der Waals surface area contributed by atoms with Gasteiger partial charge in [-0.25, -0.2) is 0 Å². The summed E-state index contributed by atoms with van der Waals surface area (Å²) in [5, 5.41) is 0. The van der Waals surface area contributed by atoms with E-state index in [4.69, 9.17) is 0 Å². The first-order chi connectivity index (χ1) is 30.2. The van der Waals surface area contributed by atoms with Gasteiger partial charge in [-0.1, -0.05) is 172 Å². The molecule has 0 heterocycles. The van der Waals surface area contributed by atoms with Gasteiger partial charge in [-0.2, -0.15) is 0 Å². The molecule has 7 aromatic carbocycles. The molecule has 0 radical (unpaired) electrons. The summed E-state index contributed by atoms with van der Waals surface area (Å²) in [5.74, 6) is -0.607. The van der Waals surface area contributed by atoms with Gasteiger partial charge in [0.1, 0.15) is 0 Å². The van der Waals surface area contributed by atoms with Crippen LogP contribution in [-0.2, 0) is 29.0 Å². The van der Waals surface area contributed by atoms with E-state index in [1.165, 1.54) is 44.5 Å². The Morgan fingerprint density at radius 1 is 0.433 bits per heavy atom. The smallest absolute Gasteiger partial charge is 0.0467 e. The highest BCUT2D eigenvalue weighted by atomic mass is 15.1. The van der Waals surface area contributed by atoms with Crippen molar-refractivity contribution in [3.8, 4) is 44.5 Å². The van der Waals surface area contributed by atoms with E-state index < -0.39 is 18.2 Å². The lowest BCUT2D eigenvalue weighted by molar-refractivity contribution is 0.606. The second kappa shape index (κ2) is 13.7. The fourth-order valence-corrected chi connectivity index (χ4v) is 11.0. The summed E-state index contributed by atoms with van der Waals surface area (Å²) in [6.07, 6.45) is -3.33. The molecule has 3 aliphatic carbocycles. The van der Waals surface area contributed by atoms with Crippen molar-refractivity contribution in [2.45, 2.75) is 98.2 Å². The minimum Gasteiger partial charge on any atom is -0.310 e. The number of fused-ring (bicyclic) bond motifs is 9. The summed E-state index contributed by atoms with van der Waals surface area (Å²) >= 11 is 0. The molecule has 0 spiro atoms. The first-order valence-corrected chi connectivity index (χ1v) is 21.9. The maximum absolute atomic E-state index is 9.50. The van der Waals surface area contributed by atoms with E-state index in [2.05, 4.69) is 174 Å². The number of hydrogen-bond acceptors (Lipinski definition) is 1. The van der Waals surface area contributed by atoms with Crippen LogP contribution >= 0.6 is 0 Å². The van der Waals surface area contributed by atoms with Crippen LogP contribution in [0.3, 0.4) is 0 Å². The molecule has 0 unspecified atom stereocenters. The molecule has 1 nitrogen and oxygen atoms in total. The van der Waals surface area contributed by atoms with Crippen LogP contribution in [0.1, 0.15) is 119 Å². The quantitative estimate of drug-likeness (QED) is 0.148. The molecule has 0 bridgehead atoms. The molecular formula is C59H59N. The van der Waals surface area contributed by atoms with Crippen molar-refractivity contribution in [1.29, 1.82) is 0 Å². The van der Waals surface area contributed by atoms with Gasteiger partial charge in [0.25, 0.3) is 0 Å². The lowest BCUT2D eigenvalue weighted by Crippen LogP contribution is -2.18. The van der Waals surface area contributed by atoms with Crippen LogP contribution in [0.4, 0.5) is 17.1 Å². The summed E-state index contributed by atoms with van der Waals surface area (Å²) < 4.78 is 37.6. The van der Waals surface area contributed by atoms with Crippen LogP contribution in [0, 0.1) is 11.8 Å². The summed E-state index contributed by atoms with van der Waals surface area (Å²) in [6, 6.07) is 50.9. The van der Waals surface area contributed by atoms with Crippen molar-refractivity contribution >= 4 is 17.1 Å². The van der Waals surface area contributed by atoms with E-state index in [-0.39, 0.29) is 22.7 Å². The van der Waals surface area contributed by atoms with Crippen molar-refractivity contribution in [3.63, 3.8) is 0 Å². The lowest BCUT2D eigenvalue weighted by Gasteiger charge is -2.30. The maximum atomic E-state index is 9.50. The van der Waals surface area contributed by atoms with Gasteiger partial charge in [0, 0.05) is 38.8 Å². The third kappa shape index (κ3) is 5.79. The zero-order valence-corrected chi connectivity index (χ0v) is 36.9. The molecule has 0 saturated heterocycles. The number of anilines is 3. The normalized spacial score (nSPS) is 17.1. The van der Waals surface area contributed by atoms with Gasteiger partial charge in [0.05, 0.1) is 0 Å². The summed E-state index contributed by atoms with van der Waals surface area (Å²) in [4.78, 5) is 2.42. The number of hydrogen-bond donors (Lipinski definition) is 0. The van der Waals surface area contributed by atoms with Gasteiger partial charge < -0.3 is 4.90 Å². The molecule has 3 aliphatic rings. The molecule has 0 aliphatic heterocycles. The Balaban J connectivity index is 1.19. The molecule has 7 aromatic rings. The predicted molar refractivity (Wildman–Crippen MR) is 256 cm³/mol. The third-order valence-electron chi connectivity index (χ3n) is 13.7. The van der Waals surface area contributed by atoms with Crippen LogP contribution in [0.15, 0.2) is 140 Å². The van der Waals surface area contributed by atoms with Crippen LogP contribution in [0.5, 0.6) is 0 Å². The van der Waals surface area contributed by atoms with Gasteiger partial charge in [-0.3, -0.25) is 0 Å². The molecule has 10 rings (SSSR count). The van der Waals surface area contributed by atoms with Crippen molar-refractivity contribution < 1.29 is 5.48 Å². The second-order valence-electron chi connectivity index (χ2n) is 19.6. The SMILES string of the molecule is [2H]C([2H])(c1cc2c(c(C([2H])([2H])C(C)C)c1)C(C)(C)c1cccc(-c3cccc(N(c4ccc5c(c4)C(C)(C)c4ccccc4-5)c4ccc5c(c4)C(C)(C)c4ccccc4-5)c3)c1-2)C(C)C. The zero-order chi connectivity index (χ0) is 45.5. The first-order valence-electron chi connectivity index (χ1n) is 23.9. The minimum absolute atomic E-state index is 0.171. The zero-order valence-electron chi connectivity index (χ0n) is 40.9. The van der Waals surface area contributed by atoms with Gasteiger partial charge in [0.15, 0.2) is 0 Å². The number of rotatable bonds is 8. The maximum Gasteiger partial charge on any atom is 0.0467 e. The molecule has 0 atom stereocenters. The molecule has 0 aromatic heterocycles. The molecule has 1 heteroatoms. The standard InChI is InChI=1S/C59H59N/c1-36(2)29-38-31-40(30-37(3)4)56-49(32-38)55-44(21-16-24-52(55)59(56,9)10)39-17-15-18-41(33-39)60(42-25-27-47-45-19-11-13-22-50(45)57(5,6)53(47)34-42)43-26-28-48-46-20-12-14-23-51(46)58(7,8)54(48)35-43/h11-28,31-37H,29-30H2,1-10H3/i29D2,30D2. The molecule has 0 saturated carbocycles. The monoisotopic (exact) mass is 785 g/mol. The Bertz CT molecular complexity index is 2950. The minimum atomic E-state index is -1.68. The van der Waals surface area contributed by atoms with E-state index in [0.717, 1.165) is 50.4 Å². The Morgan fingerprint density at radius 2 is 0.933 bits per heavy atom. The van der Waals surface area contributed by atoms with Gasteiger partial charge in [-0.15, -0.1) is 0 Å². The first kappa shape index (κ1) is 34.1. The Morgan fingerprint density at radius 3 is 1.52 bits per heavy atom. The summed E-state index contributed by atoms with van der Waals surface area (Å²) in [5.41, 5.74) is 20.2. The van der Waals surface area contributed by atoms with Crippen LogP contribution < -0.4 is 4.90 Å². The highest BCUT2D eigenvalue weighted by Gasteiger charge is 2.40. The van der Waals surface area contributed by atoms with Crippen LogP contribution in [0.25, 0.3) is 44.5 Å². The van der Waals surface area contributed by atoms with Crippen molar-refractivity contribution in [1.82, 2.24) is 0 Å².